The van der Waals surface area contributed by atoms with E-state index in [1.165, 1.54) is 24.0 Å². The number of ether oxygens (including phenoxy) is 1. The second-order valence-electron chi connectivity index (χ2n) is 40.0. The number of benzene rings is 6. The van der Waals surface area contributed by atoms with Crippen molar-refractivity contribution in [1.82, 2.24) is 147 Å². The van der Waals surface area contributed by atoms with Gasteiger partial charge in [-0.2, -0.15) is 61.2 Å². The van der Waals surface area contributed by atoms with Gasteiger partial charge in [-0.25, -0.2) is 50.0 Å². The van der Waals surface area contributed by atoms with E-state index in [9.17, 15) is 22.0 Å². The second kappa shape index (κ2) is 46.1. The average Bonchev–Trinajstić information content (AvgIpc) is 1.61. The fourth-order valence-electron chi connectivity index (χ4n) is 21.6. The average molecular weight is 2140 g/mol. The van der Waals surface area contributed by atoms with Crippen LogP contribution in [0.1, 0.15) is 134 Å². The Bertz CT molecular complexity index is 7260. The van der Waals surface area contributed by atoms with E-state index >= 15 is 0 Å². The SMILES string of the molecule is CCN1CCC(c2cc3c(cnn3-c3cnn(C)c3)cc2Cl)CC1.CN1CC[C@@H](c2cc3c(cnn3-c3cnn(C)c3)cc2Cl)[C@@H](F)C1.CN1CC[C@@H](c2cc3c(cnn3-c3cnn(C)c3)cc2Cl)[C@H](F)C1.CN1CC[C@H](c2cc3c(cnn3-c3cnn(C)c3)cc2Cl)[C@H](F)C1.COCCN1CCC(c2cc3c(cnn3-c3cnn(C)c3)cc2Cl)CC1.Cn1cc(-n2ncc3cc(Cl)c(C4CCN(CC(F)F)CC4)cc32)cn1. The van der Waals surface area contributed by atoms with Crippen molar-refractivity contribution in [3.05, 3.63) is 248 Å². The predicted octanol–water partition coefficient (Wildman–Crippen LogP) is 20.2. The highest BCUT2D eigenvalue weighted by molar-refractivity contribution is 6.34. The Hall–Kier alpha value is -11.5. The van der Waals surface area contributed by atoms with Gasteiger partial charge in [-0.3, -0.25) is 33.0 Å². The third-order valence-corrected chi connectivity index (χ3v) is 31.7. The van der Waals surface area contributed by atoms with E-state index in [0.717, 1.165) is 247 Å². The van der Waals surface area contributed by atoms with E-state index in [0.29, 0.717) is 59.6 Å². The van der Waals surface area contributed by atoms with Crippen molar-refractivity contribution in [1.29, 1.82) is 0 Å². The van der Waals surface area contributed by atoms with Crippen molar-refractivity contribution in [3.63, 3.8) is 0 Å². The largest absolute Gasteiger partial charge is 0.383 e. The number of piperidine rings is 6. The van der Waals surface area contributed by atoms with Crippen LogP contribution in [0.2, 0.25) is 30.1 Å². The van der Waals surface area contributed by atoms with Crippen LogP contribution in [-0.4, -0.2) is 305 Å². The highest BCUT2D eigenvalue weighted by Gasteiger charge is 2.36. The molecule has 24 rings (SSSR count). The molecule has 6 aliphatic rings. The van der Waals surface area contributed by atoms with Gasteiger partial charge in [-0.05, 0) is 268 Å². The summed E-state index contributed by atoms with van der Waals surface area (Å²) in [4.78, 5) is 12.9. The molecule has 0 spiro atoms. The predicted molar refractivity (Wildman–Crippen MR) is 575 cm³/mol. The molecule has 0 saturated carbocycles. The summed E-state index contributed by atoms with van der Waals surface area (Å²) in [6, 6.07) is 24.2. The number of rotatable bonds is 18. The Labute approximate surface area is 885 Å². The quantitative estimate of drug-likeness (QED) is 0.0725. The Morgan fingerprint density at radius 3 is 0.723 bits per heavy atom. The van der Waals surface area contributed by atoms with Gasteiger partial charge < -0.3 is 29.2 Å². The minimum atomic E-state index is -2.28. The fraction of sp³-hybridized carbons (Fsp3) is 0.434. The van der Waals surface area contributed by atoms with Crippen molar-refractivity contribution in [2.45, 2.75) is 125 Å². The van der Waals surface area contributed by atoms with E-state index in [2.05, 4.69) is 102 Å². The molecule has 148 heavy (non-hydrogen) atoms. The van der Waals surface area contributed by atoms with Crippen LogP contribution >= 0.6 is 69.6 Å². The summed E-state index contributed by atoms with van der Waals surface area (Å²) in [5, 5.41) is 62.3. The first-order valence-corrected chi connectivity index (χ1v) is 52.6. The van der Waals surface area contributed by atoms with Gasteiger partial charge in [0.15, 0.2) is 0 Å². The van der Waals surface area contributed by atoms with Gasteiger partial charge in [0.2, 0.25) is 0 Å². The molecule has 780 valence electrons. The maximum absolute atomic E-state index is 14.6. The van der Waals surface area contributed by atoms with E-state index in [1.807, 2.05) is 222 Å². The van der Waals surface area contributed by atoms with Crippen molar-refractivity contribution >= 4 is 135 Å². The molecule has 0 N–H and O–H groups in total. The number of hydrogen-bond acceptors (Lipinski definition) is 19. The number of aryl methyl sites for hydroxylation is 6. The molecular weight excluding hydrogens is 2020 g/mol. The topological polar surface area (TPSA) is 243 Å². The fourth-order valence-corrected chi connectivity index (χ4v) is 23.5. The molecule has 31 nitrogen and oxygen atoms in total. The molecular formula is C106H123Cl6F5N30O. The van der Waals surface area contributed by atoms with Gasteiger partial charge >= 0.3 is 0 Å². The maximum Gasteiger partial charge on any atom is 0.251 e. The zero-order valence-corrected chi connectivity index (χ0v) is 89.3. The number of methoxy groups -OCH3 is 1. The summed E-state index contributed by atoms with van der Waals surface area (Å²) < 4.78 is 95.8. The van der Waals surface area contributed by atoms with Crippen LogP contribution in [0.5, 0.6) is 0 Å². The monoisotopic (exact) mass is 2140 g/mol. The third-order valence-electron chi connectivity index (χ3n) is 29.7. The molecule has 0 bridgehead atoms. The summed E-state index contributed by atoms with van der Waals surface area (Å²) in [5.74, 6) is 0.781. The Balaban J connectivity index is 0.000000112. The van der Waals surface area contributed by atoms with Crippen LogP contribution in [0, 0.1) is 0 Å². The molecule has 6 fully saturated rings. The molecule has 18 aromatic rings. The van der Waals surface area contributed by atoms with E-state index in [1.54, 1.807) is 84.8 Å². The maximum atomic E-state index is 14.6. The molecule has 18 heterocycles. The number of fused-ring (bicyclic) bond motifs is 6. The zero-order valence-electron chi connectivity index (χ0n) is 84.8. The van der Waals surface area contributed by atoms with Crippen molar-refractivity contribution in [3.8, 4) is 34.1 Å². The lowest BCUT2D eigenvalue weighted by molar-refractivity contribution is 0.0754. The minimum absolute atomic E-state index is 0.146. The molecule has 12 aromatic heterocycles. The molecule has 6 atom stereocenters. The number of likely N-dealkylation sites (tertiary alicyclic amines) is 6. The lowest BCUT2D eigenvalue weighted by atomic mass is 9.87. The first kappa shape index (κ1) is 105. The molecule has 0 aliphatic carbocycles. The van der Waals surface area contributed by atoms with Crippen LogP contribution < -0.4 is 0 Å². The van der Waals surface area contributed by atoms with Crippen molar-refractivity contribution in [2.24, 2.45) is 42.3 Å². The summed E-state index contributed by atoms with van der Waals surface area (Å²) in [6.45, 7) is 14.8. The normalized spacial score (nSPS) is 19.5. The van der Waals surface area contributed by atoms with Gasteiger partial charge in [0.25, 0.3) is 6.43 Å². The number of alkyl halides is 5. The lowest BCUT2D eigenvalue weighted by Gasteiger charge is -2.33. The van der Waals surface area contributed by atoms with Crippen LogP contribution in [-0.2, 0) is 47.0 Å². The Morgan fingerprint density at radius 1 is 0.291 bits per heavy atom. The summed E-state index contributed by atoms with van der Waals surface area (Å²) in [6.07, 6.45) is 36.6. The number of halogens is 11. The van der Waals surface area contributed by atoms with E-state index in [4.69, 9.17) is 74.3 Å². The van der Waals surface area contributed by atoms with Crippen LogP contribution in [0.25, 0.3) is 99.5 Å². The number of aromatic nitrogens is 24. The molecule has 6 aromatic carbocycles. The molecule has 42 heteroatoms. The van der Waals surface area contributed by atoms with Gasteiger partial charge in [-0.1, -0.05) is 76.5 Å². The Morgan fingerprint density at radius 2 is 0.514 bits per heavy atom. The van der Waals surface area contributed by atoms with Gasteiger partial charge in [0, 0.05) is 156 Å². The van der Waals surface area contributed by atoms with Gasteiger partial charge in [0.05, 0.1) is 158 Å². The third kappa shape index (κ3) is 23.5. The zero-order chi connectivity index (χ0) is 104. The van der Waals surface area contributed by atoms with E-state index < -0.39 is 24.9 Å². The number of hydrogen-bond donors (Lipinski definition) is 0. The number of nitrogens with zero attached hydrogens (tertiary/aromatic N) is 30. The first-order chi connectivity index (χ1) is 71.4. The summed E-state index contributed by atoms with van der Waals surface area (Å²) in [7, 11) is 18.9. The van der Waals surface area contributed by atoms with Crippen LogP contribution in [0.15, 0.2) is 184 Å². The summed E-state index contributed by atoms with van der Waals surface area (Å²) in [5.41, 5.74) is 17.6. The molecule has 6 saturated heterocycles. The Kier molecular flexibility index (Phi) is 32.7. The minimum Gasteiger partial charge on any atom is -0.383 e. The van der Waals surface area contributed by atoms with Gasteiger partial charge in [-0.15, -0.1) is 0 Å². The first-order valence-electron chi connectivity index (χ1n) is 50.3. The standard InChI is InChI=1S/C19H24ClN5O.C18H20ClF2N5.C18H22ClN5.3C17H19ClFN5/c1-23-13-16(12-21-23)25-19-10-17(18(20)9-15(19)11-22-25)14-3-5-24(6-4-14)7-8-26-2;1-24-10-14(9-22-24)26-17-7-15(16(19)6-13(17)8-23-26)12-2-4-25(5-3-12)11-18(20)21;1-3-23-6-4-13(5-7-23)16-9-18-14(8-17(16)19)10-21-24(18)15-11-20-22(2)12-15;3*1-22-4-3-13(16(19)10-22)14-6-17-11(5-15(14)18)7-21-24(17)12-8-20-23(2)9-12/h9-14H,3-8H2,1-2H3;6-10,12,18H,2-5,11H2,1H3;8-13H,3-7H2,1-2H3;3*5-9,13,16H,3-4,10H2,1-2H3/t;;;13-,16+;2*13-,16-/m...010/s1. The van der Waals surface area contributed by atoms with Crippen molar-refractivity contribution in [2.75, 3.05) is 133 Å². The van der Waals surface area contributed by atoms with E-state index in [-0.39, 0.29) is 30.2 Å². The second-order valence-corrected chi connectivity index (χ2v) is 42.4. The molecule has 0 amide bonds. The highest BCUT2D eigenvalue weighted by Crippen LogP contribution is 2.45. The smallest absolute Gasteiger partial charge is 0.251 e. The lowest BCUT2D eigenvalue weighted by Crippen LogP contribution is -2.38. The molecule has 6 aliphatic heterocycles. The van der Waals surface area contributed by atoms with Gasteiger partial charge in [0.1, 0.15) is 52.6 Å². The van der Waals surface area contributed by atoms with Crippen LogP contribution in [0.4, 0.5) is 22.0 Å². The highest BCUT2D eigenvalue weighted by atomic mass is 35.5. The molecule has 0 unspecified atom stereocenters. The van der Waals surface area contributed by atoms with Crippen molar-refractivity contribution < 1.29 is 26.7 Å². The molecule has 0 radical (unpaired) electrons. The van der Waals surface area contributed by atoms with Crippen LogP contribution in [0.3, 0.4) is 0 Å². The summed E-state index contributed by atoms with van der Waals surface area (Å²) >= 11 is 39.1.